The van der Waals surface area contributed by atoms with E-state index in [9.17, 15) is 8.78 Å². The molecule has 0 aliphatic rings. The predicted octanol–water partition coefficient (Wildman–Crippen LogP) is 4.57. The average molecular weight is 309 g/mol. The maximum Gasteiger partial charge on any atom is 0.129 e. The smallest absolute Gasteiger partial charge is 0.129 e. The molecule has 2 rings (SSSR count). The molecule has 0 saturated carbocycles. The fourth-order valence-corrected chi connectivity index (χ4v) is 3.06. The van der Waals surface area contributed by atoms with Gasteiger partial charge in [-0.15, -0.1) is 0 Å². The van der Waals surface area contributed by atoms with E-state index in [0.29, 0.717) is 12.0 Å². The third-order valence-electron chi connectivity index (χ3n) is 3.53. The van der Waals surface area contributed by atoms with Gasteiger partial charge in [-0.2, -0.15) is 11.3 Å². The quantitative estimate of drug-likeness (QED) is 0.753. The monoisotopic (exact) mass is 309 g/mol. The standard InChI is InChI=1S/C17H21F2NS/c1-2-8-20-16(6-3-13-7-9-21-12-13)10-14-4-5-15(18)11-17(14)19/h4-5,7,9,11-12,16,20H,2-3,6,8,10H2,1H3. The van der Waals surface area contributed by atoms with Crippen LogP contribution in [0.5, 0.6) is 0 Å². The molecule has 0 bridgehead atoms. The fraction of sp³-hybridized carbons (Fsp3) is 0.412. The molecule has 1 aromatic heterocycles. The maximum atomic E-state index is 13.8. The molecule has 0 spiro atoms. The van der Waals surface area contributed by atoms with Crippen molar-refractivity contribution in [3.63, 3.8) is 0 Å². The van der Waals surface area contributed by atoms with Gasteiger partial charge in [0, 0.05) is 12.1 Å². The van der Waals surface area contributed by atoms with E-state index in [1.807, 2.05) is 0 Å². The summed E-state index contributed by atoms with van der Waals surface area (Å²) in [6.07, 6.45) is 3.57. The van der Waals surface area contributed by atoms with Crippen LogP contribution in [-0.4, -0.2) is 12.6 Å². The van der Waals surface area contributed by atoms with Crippen molar-refractivity contribution in [3.05, 3.63) is 57.8 Å². The van der Waals surface area contributed by atoms with Crippen molar-refractivity contribution in [1.29, 1.82) is 0 Å². The second-order valence-electron chi connectivity index (χ2n) is 5.26. The summed E-state index contributed by atoms with van der Waals surface area (Å²) < 4.78 is 26.7. The zero-order valence-corrected chi connectivity index (χ0v) is 13.1. The summed E-state index contributed by atoms with van der Waals surface area (Å²) in [6.45, 7) is 3.03. The van der Waals surface area contributed by atoms with Gasteiger partial charge in [-0.1, -0.05) is 13.0 Å². The average Bonchev–Trinajstić information content (AvgIpc) is 2.97. The van der Waals surface area contributed by atoms with Crippen LogP contribution in [0.3, 0.4) is 0 Å². The van der Waals surface area contributed by atoms with Crippen molar-refractivity contribution in [1.82, 2.24) is 5.32 Å². The van der Waals surface area contributed by atoms with Crippen molar-refractivity contribution in [2.24, 2.45) is 0 Å². The second-order valence-corrected chi connectivity index (χ2v) is 6.04. The molecular formula is C17H21F2NS. The minimum atomic E-state index is -0.521. The van der Waals surface area contributed by atoms with Gasteiger partial charge in [0.05, 0.1) is 0 Å². The summed E-state index contributed by atoms with van der Waals surface area (Å²) in [5, 5.41) is 7.69. The Hall–Kier alpha value is -1.26. The Balaban J connectivity index is 1.97. The van der Waals surface area contributed by atoms with E-state index in [2.05, 4.69) is 29.1 Å². The summed E-state index contributed by atoms with van der Waals surface area (Å²) in [7, 11) is 0. The third-order valence-corrected chi connectivity index (χ3v) is 4.26. The molecule has 1 N–H and O–H groups in total. The molecule has 1 heterocycles. The van der Waals surface area contributed by atoms with E-state index in [0.717, 1.165) is 31.9 Å². The minimum absolute atomic E-state index is 0.213. The largest absolute Gasteiger partial charge is 0.314 e. The lowest BCUT2D eigenvalue weighted by Gasteiger charge is -2.19. The third kappa shape index (κ3) is 5.21. The highest BCUT2D eigenvalue weighted by Gasteiger charge is 2.13. The van der Waals surface area contributed by atoms with Gasteiger partial charge in [0.2, 0.25) is 0 Å². The normalized spacial score (nSPS) is 12.5. The lowest BCUT2D eigenvalue weighted by Crippen LogP contribution is -2.32. The van der Waals surface area contributed by atoms with E-state index in [1.165, 1.54) is 11.6 Å². The second kappa shape index (κ2) is 8.25. The molecule has 1 unspecified atom stereocenters. The number of thiophene rings is 1. The van der Waals surface area contributed by atoms with Gasteiger partial charge >= 0.3 is 0 Å². The van der Waals surface area contributed by atoms with Crippen LogP contribution in [0.2, 0.25) is 0 Å². The number of hydrogen-bond acceptors (Lipinski definition) is 2. The molecule has 0 aliphatic carbocycles. The molecule has 0 radical (unpaired) electrons. The Labute approximate surface area is 129 Å². The van der Waals surface area contributed by atoms with Crippen molar-refractivity contribution < 1.29 is 8.78 Å². The van der Waals surface area contributed by atoms with Crippen molar-refractivity contribution >= 4 is 11.3 Å². The molecule has 4 heteroatoms. The lowest BCUT2D eigenvalue weighted by atomic mass is 9.99. The highest BCUT2D eigenvalue weighted by Crippen LogP contribution is 2.15. The zero-order chi connectivity index (χ0) is 15.1. The van der Waals surface area contributed by atoms with E-state index in [1.54, 1.807) is 17.4 Å². The van der Waals surface area contributed by atoms with E-state index >= 15 is 0 Å². The van der Waals surface area contributed by atoms with E-state index in [4.69, 9.17) is 0 Å². The van der Waals surface area contributed by atoms with Gasteiger partial charge in [0.25, 0.3) is 0 Å². The molecule has 21 heavy (non-hydrogen) atoms. The zero-order valence-electron chi connectivity index (χ0n) is 12.2. The van der Waals surface area contributed by atoms with Crippen molar-refractivity contribution in [2.45, 2.75) is 38.6 Å². The van der Waals surface area contributed by atoms with Gasteiger partial charge in [-0.25, -0.2) is 8.78 Å². The molecule has 0 fully saturated rings. The van der Waals surface area contributed by atoms with Crippen molar-refractivity contribution in [2.75, 3.05) is 6.54 Å². The Morgan fingerprint density at radius 1 is 1.24 bits per heavy atom. The number of nitrogens with one attached hydrogen (secondary N) is 1. The highest BCUT2D eigenvalue weighted by molar-refractivity contribution is 7.07. The SMILES string of the molecule is CCCNC(CCc1ccsc1)Cc1ccc(F)cc1F. The number of benzene rings is 1. The first kappa shape index (κ1) is 16.1. The first-order valence-corrected chi connectivity index (χ1v) is 8.31. The molecule has 1 nitrogen and oxygen atoms in total. The van der Waals surface area contributed by atoms with Crippen LogP contribution < -0.4 is 5.32 Å². The van der Waals surface area contributed by atoms with Crippen LogP contribution in [0, 0.1) is 11.6 Å². The Morgan fingerprint density at radius 3 is 2.76 bits per heavy atom. The van der Waals surface area contributed by atoms with Crippen molar-refractivity contribution in [3.8, 4) is 0 Å². The summed E-state index contributed by atoms with van der Waals surface area (Å²) >= 11 is 1.70. The first-order chi connectivity index (χ1) is 10.2. The summed E-state index contributed by atoms with van der Waals surface area (Å²) in [4.78, 5) is 0. The predicted molar refractivity (Wildman–Crippen MR) is 84.8 cm³/mol. The van der Waals surface area contributed by atoms with Gasteiger partial charge in [-0.3, -0.25) is 0 Å². The summed E-state index contributed by atoms with van der Waals surface area (Å²) in [5.41, 5.74) is 1.90. The van der Waals surface area contributed by atoms with E-state index in [-0.39, 0.29) is 6.04 Å². The number of halogens is 2. The Bertz CT molecular complexity index is 540. The molecule has 1 atom stereocenters. The van der Waals surface area contributed by atoms with Crippen LogP contribution in [0.15, 0.2) is 35.0 Å². The molecular weight excluding hydrogens is 288 g/mol. The molecule has 0 aliphatic heterocycles. The van der Waals surface area contributed by atoms with Gasteiger partial charge in [0.15, 0.2) is 0 Å². The van der Waals surface area contributed by atoms with Crippen LogP contribution in [-0.2, 0) is 12.8 Å². The van der Waals surface area contributed by atoms with Gasteiger partial charge < -0.3 is 5.32 Å². The number of aryl methyl sites for hydroxylation is 1. The first-order valence-electron chi connectivity index (χ1n) is 7.37. The van der Waals surface area contributed by atoms with Gasteiger partial charge in [-0.05, 0) is 66.2 Å². The Morgan fingerprint density at radius 2 is 2.10 bits per heavy atom. The van der Waals surface area contributed by atoms with Crippen LogP contribution in [0.25, 0.3) is 0 Å². The van der Waals surface area contributed by atoms with Crippen LogP contribution >= 0.6 is 11.3 Å². The molecule has 1 aromatic carbocycles. The topological polar surface area (TPSA) is 12.0 Å². The van der Waals surface area contributed by atoms with Gasteiger partial charge in [0.1, 0.15) is 11.6 Å². The highest BCUT2D eigenvalue weighted by atomic mass is 32.1. The molecule has 114 valence electrons. The molecule has 0 saturated heterocycles. The minimum Gasteiger partial charge on any atom is -0.314 e. The maximum absolute atomic E-state index is 13.8. The lowest BCUT2D eigenvalue weighted by molar-refractivity contribution is 0.466. The van der Waals surface area contributed by atoms with E-state index < -0.39 is 11.6 Å². The summed E-state index contributed by atoms with van der Waals surface area (Å²) in [6, 6.07) is 6.18. The fourth-order valence-electron chi connectivity index (χ4n) is 2.35. The van der Waals surface area contributed by atoms with Crippen LogP contribution in [0.4, 0.5) is 8.78 Å². The Kier molecular flexibility index (Phi) is 6.33. The number of hydrogen-bond donors (Lipinski definition) is 1. The summed E-state index contributed by atoms with van der Waals surface area (Å²) in [5.74, 6) is -0.971. The van der Waals surface area contributed by atoms with Crippen LogP contribution in [0.1, 0.15) is 30.9 Å². The number of rotatable bonds is 8. The molecule has 2 aromatic rings. The molecule has 0 amide bonds.